The van der Waals surface area contributed by atoms with Crippen LogP contribution in [0.1, 0.15) is 31.0 Å². The van der Waals surface area contributed by atoms with E-state index in [1.54, 1.807) is 0 Å². The van der Waals surface area contributed by atoms with E-state index in [1.165, 1.54) is 11.1 Å². The summed E-state index contributed by atoms with van der Waals surface area (Å²) in [4.78, 5) is 0. The first-order valence-electron chi connectivity index (χ1n) is 5.25. The molecule has 0 amide bonds. The van der Waals surface area contributed by atoms with E-state index >= 15 is 0 Å². The van der Waals surface area contributed by atoms with Gasteiger partial charge in [-0.05, 0) is 29.2 Å². The molecule has 0 fully saturated rings. The Hall–Kier alpha value is 0.01000. The van der Waals surface area contributed by atoms with E-state index < -0.39 is 0 Å². The molecule has 0 saturated heterocycles. The summed E-state index contributed by atoms with van der Waals surface area (Å²) >= 11 is 5.50. The Morgan fingerprint density at radius 3 is 2.87 bits per heavy atom. The van der Waals surface area contributed by atoms with Crippen molar-refractivity contribution in [2.75, 3.05) is 0 Å². The minimum Gasteiger partial charge on any atom is -0.323 e. The van der Waals surface area contributed by atoms with E-state index in [4.69, 9.17) is 5.73 Å². The third-order valence-corrected chi connectivity index (χ3v) is 5.10. The van der Waals surface area contributed by atoms with E-state index in [2.05, 4.69) is 48.0 Å². The van der Waals surface area contributed by atoms with Crippen molar-refractivity contribution in [1.29, 1.82) is 0 Å². The quantitative estimate of drug-likeness (QED) is 0.851. The lowest BCUT2D eigenvalue weighted by Gasteiger charge is -2.33. The van der Waals surface area contributed by atoms with Crippen LogP contribution in [0.25, 0.3) is 0 Å². The molecule has 1 aliphatic rings. The Balaban J connectivity index is 2.36. The highest BCUT2D eigenvalue weighted by atomic mass is 79.9. The lowest BCUT2D eigenvalue weighted by molar-refractivity contribution is 0.520. The lowest BCUT2D eigenvalue weighted by atomic mass is 9.93. The minimum absolute atomic E-state index is 0.177. The molecule has 1 aromatic carbocycles. The Morgan fingerprint density at radius 2 is 2.20 bits per heavy atom. The zero-order chi connectivity index (χ0) is 11.0. The molecule has 2 rings (SSSR count). The minimum atomic E-state index is 0.177. The van der Waals surface area contributed by atoms with Crippen LogP contribution in [0.4, 0.5) is 0 Å². The molecule has 1 nitrogen and oxygen atoms in total. The van der Waals surface area contributed by atoms with Crippen LogP contribution in [0.2, 0.25) is 0 Å². The molecule has 2 N–H and O–H groups in total. The molecule has 82 valence electrons. The molecular weight excluding hydrogens is 270 g/mol. The Kier molecular flexibility index (Phi) is 3.43. The molecule has 1 aromatic rings. The van der Waals surface area contributed by atoms with Crippen molar-refractivity contribution in [3.05, 3.63) is 33.8 Å². The van der Waals surface area contributed by atoms with Crippen molar-refractivity contribution < 1.29 is 0 Å². The average Bonchev–Trinajstić information content (AvgIpc) is 2.19. The van der Waals surface area contributed by atoms with Gasteiger partial charge < -0.3 is 5.73 Å². The predicted molar refractivity (Wildman–Crippen MR) is 71.0 cm³/mol. The highest BCUT2D eigenvalue weighted by molar-refractivity contribution is 9.10. The first kappa shape index (κ1) is 11.5. The van der Waals surface area contributed by atoms with Gasteiger partial charge >= 0.3 is 0 Å². The molecule has 2 unspecified atom stereocenters. The van der Waals surface area contributed by atoms with Gasteiger partial charge in [0.05, 0.1) is 0 Å². The van der Waals surface area contributed by atoms with Crippen LogP contribution in [-0.4, -0.2) is 5.25 Å². The van der Waals surface area contributed by atoms with Crippen LogP contribution in [0, 0.1) is 5.92 Å². The number of hydrogen-bond acceptors (Lipinski definition) is 2. The largest absolute Gasteiger partial charge is 0.323 e. The molecule has 1 aliphatic heterocycles. The third kappa shape index (κ3) is 2.24. The Morgan fingerprint density at radius 1 is 1.47 bits per heavy atom. The molecule has 1 heterocycles. The Labute approximate surface area is 104 Å². The fourth-order valence-electron chi connectivity index (χ4n) is 2.08. The predicted octanol–water partition coefficient (Wildman–Crippen LogP) is 3.72. The second kappa shape index (κ2) is 4.48. The van der Waals surface area contributed by atoms with Gasteiger partial charge in [0.2, 0.25) is 0 Å². The maximum atomic E-state index is 6.32. The van der Waals surface area contributed by atoms with Gasteiger partial charge in [-0.2, -0.15) is 11.8 Å². The maximum Gasteiger partial charge on any atom is 0.0421 e. The monoisotopic (exact) mass is 285 g/mol. The van der Waals surface area contributed by atoms with E-state index in [0.29, 0.717) is 11.2 Å². The number of nitrogens with two attached hydrogens (primary N) is 1. The molecule has 0 aliphatic carbocycles. The summed E-state index contributed by atoms with van der Waals surface area (Å²) < 4.78 is 1.13. The molecule has 15 heavy (non-hydrogen) atoms. The van der Waals surface area contributed by atoms with Gasteiger partial charge in [-0.15, -0.1) is 0 Å². The number of hydrogen-bond donors (Lipinski definition) is 1. The summed E-state index contributed by atoms with van der Waals surface area (Å²) in [7, 11) is 0. The Bertz CT molecular complexity index is 365. The number of halogens is 1. The van der Waals surface area contributed by atoms with Crippen molar-refractivity contribution in [1.82, 2.24) is 0 Å². The SMILES string of the molecule is CC(C)C1SCc2ccc(Br)cc2C1N. The summed E-state index contributed by atoms with van der Waals surface area (Å²) in [6.45, 7) is 4.50. The highest BCUT2D eigenvalue weighted by Crippen LogP contribution is 2.40. The molecule has 0 saturated carbocycles. The van der Waals surface area contributed by atoms with Gasteiger partial charge in [-0.3, -0.25) is 0 Å². The average molecular weight is 286 g/mol. The fraction of sp³-hybridized carbons (Fsp3) is 0.500. The van der Waals surface area contributed by atoms with Crippen molar-refractivity contribution in [3.63, 3.8) is 0 Å². The summed E-state index contributed by atoms with van der Waals surface area (Å²) in [6.07, 6.45) is 0. The summed E-state index contributed by atoms with van der Waals surface area (Å²) in [5.74, 6) is 1.73. The van der Waals surface area contributed by atoms with Gasteiger partial charge in [-0.25, -0.2) is 0 Å². The van der Waals surface area contributed by atoms with Crippen molar-refractivity contribution in [3.8, 4) is 0 Å². The van der Waals surface area contributed by atoms with Crippen LogP contribution in [0.5, 0.6) is 0 Å². The normalized spacial score (nSPS) is 25.4. The molecule has 0 spiro atoms. The van der Waals surface area contributed by atoms with E-state index in [1.807, 2.05) is 11.8 Å². The number of thioether (sulfide) groups is 1. The van der Waals surface area contributed by atoms with E-state index in [0.717, 1.165) is 10.2 Å². The number of rotatable bonds is 1. The third-order valence-electron chi connectivity index (χ3n) is 2.91. The van der Waals surface area contributed by atoms with Crippen LogP contribution >= 0.6 is 27.7 Å². The summed E-state index contributed by atoms with van der Waals surface area (Å²) in [5.41, 5.74) is 9.04. The standard InChI is InChI=1S/C12H16BrNS/c1-7(2)12-11(14)10-5-9(13)4-3-8(10)6-15-12/h3-5,7,11-12H,6,14H2,1-2H3. The number of benzene rings is 1. The number of fused-ring (bicyclic) bond motifs is 1. The van der Waals surface area contributed by atoms with Crippen molar-refractivity contribution in [2.24, 2.45) is 11.7 Å². The maximum absolute atomic E-state index is 6.32. The fourth-order valence-corrected chi connectivity index (χ4v) is 3.83. The molecular formula is C12H16BrNS. The lowest BCUT2D eigenvalue weighted by Crippen LogP contribution is -2.31. The second-order valence-electron chi connectivity index (χ2n) is 4.39. The van der Waals surface area contributed by atoms with Crippen molar-refractivity contribution >= 4 is 27.7 Å². The molecule has 3 heteroatoms. The van der Waals surface area contributed by atoms with Crippen molar-refractivity contribution in [2.45, 2.75) is 30.9 Å². The van der Waals surface area contributed by atoms with Gasteiger partial charge in [0.15, 0.2) is 0 Å². The van der Waals surface area contributed by atoms with Gasteiger partial charge in [0, 0.05) is 21.5 Å². The second-order valence-corrected chi connectivity index (χ2v) is 6.47. The molecule has 0 aromatic heterocycles. The van der Waals surface area contributed by atoms with E-state index in [9.17, 15) is 0 Å². The van der Waals surface area contributed by atoms with Crippen LogP contribution in [0.15, 0.2) is 22.7 Å². The smallest absolute Gasteiger partial charge is 0.0421 e. The molecule has 0 radical (unpaired) electrons. The zero-order valence-electron chi connectivity index (χ0n) is 9.03. The van der Waals surface area contributed by atoms with Gasteiger partial charge in [0.25, 0.3) is 0 Å². The van der Waals surface area contributed by atoms with Gasteiger partial charge in [-0.1, -0.05) is 35.8 Å². The summed E-state index contributed by atoms with van der Waals surface area (Å²) in [6, 6.07) is 6.64. The highest BCUT2D eigenvalue weighted by Gasteiger charge is 2.29. The van der Waals surface area contributed by atoms with Gasteiger partial charge in [0.1, 0.15) is 0 Å². The zero-order valence-corrected chi connectivity index (χ0v) is 11.4. The first-order chi connectivity index (χ1) is 7.09. The molecule has 2 atom stereocenters. The van der Waals surface area contributed by atoms with E-state index in [-0.39, 0.29) is 6.04 Å². The topological polar surface area (TPSA) is 26.0 Å². The molecule has 0 bridgehead atoms. The van der Waals surface area contributed by atoms with Crippen LogP contribution in [-0.2, 0) is 5.75 Å². The summed E-state index contributed by atoms with van der Waals surface area (Å²) in [5, 5.41) is 0.548. The van der Waals surface area contributed by atoms with Crippen LogP contribution < -0.4 is 5.73 Å². The first-order valence-corrected chi connectivity index (χ1v) is 7.09. The van der Waals surface area contributed by atoms with Crippen LogP contribution in [0.3, 0.4) is 0 Å².